The summed E-state index contributed by atoms with van der Waals surface area (Å²) in [7, 11) is 0. The van der Waals surface area contributed by atoms with Crippen LogP contribution in [0.5, 0.6) is 0 Å². The van der Waals surface area contributed by atoms with E-state index >= 15 is 0 Å². The monoisotopic (exact) mass is 473 g/mol. The summed E-state index contributed by atoms with van der Waals surface area (Å²) < 4.78 is 7.46. The molecule has 36 heavy (non-hydrogen) atoms. The second-order valence-electron chi connectivity index (χ2n) is 8.84. The lowest BCUT2D eigenvalue weighted by atomic mass is 9.86. The molecule has 2 heterocycles. The van der Waals surface area contributed by atoms with Crippen LogP contribution in [0.3, 0.4) is 0 Å². The molecule has 0 spiro atoms. The van der Waals surface area contributed by atoms with Crippen LogP contribution in [-0.4, -0.2) is 31.9 Å². The molecule has 176 valence electrons. The summed E-state index contributed by atoms with van der Waals surface area (Å²) in [5.41, 5.74) is 4.75. The Kier molecular flexibility index (Phi) is 5.58. The standard InChI is InChI=1S/C29H23N5O2/c1-19-26(28(35)36-18-20-14-16-22(17-15-20)21-8-3-2-4-9-21)27(34-29(30-19)31-32-33-34)25-13-7-11-23-10-5-6-12-24(23)25/h2-17,26-27H,18H2,1H3. The first kappa shape index (κ1) is 21.9. The van der Waals surface area contributed by atoms with Crippen molar-refractivity contribution in [3.8, 4) is 11.1 Å². The summed E-state index contributed by atoms with van der Waals surface area (Å²) in [4.78, 5) is 18.0. The Hall–Kier alpha value is -4.65. The zero-order chi connectivity index (χ0) is 24.5. The molecule has 5 aromatic rings. The molecule has 4 aromatic carbocycles. The van der Waals surface area contributed by atoms with E-state index in [1.165, 1.54) is 0 Å². The van der Waals surface area contributed by atoms with Crippen molar-refractivity contribution in [3.63, 3.8) is 0 Å². The Morgan fingerprint density at radius 3 is 2.42 bits per heavy atom. The first-order chi connectivity index (χ1) is 17.7. The smallest absolute Gasteiger partial charge is 0.317 e. The van der Waals surface area contributed by atoms with E-state index in [-0.39, 0.29) is 12.6 Å². The molecule has 2 atom stereocenters. The van der Waals surface area contributed by atoms with Gasteiger partial charge in [0.25, 0.3) is 5.95 Å². The molecule has 1 aliphatic rings. The molecule has 1 aromatic heterocycles. The van der Waals surface area contributed by atoms with Crippen LogP contribution < -0.4 is 0 Å². The number of carbonyl (C=O) groups excluding carboxylic acids is 1. The molecule has 0 fully saturated rings. The maximum atomic E-state index is 13.5. The number of carbonyl (C=O) groups is 1. The topological polar surface area (TPSA) is 82.3 Å². The average Bonchev–Trinajstić information content (AvgIpc) is 3.39. The second kappa shape index (κ2) is 9.19. The number of hydrogen-bond acceptors (Lipinski definition) is 6. The van der Waals surface area contributed by atoms with E-state index in [1.54, 1.807) is 4.68 Å². The fourth-order valence-corrected chi connectivity index (χ4v) is 4.83. The van der Waals surface area contributed by atoms with Crippen LogP contribution in [0.2, 0.25) is 0 Å². The number of aromatic nitrogens is 4. The zero-order valence-electron chi connectivity index (χ0n) is 19.7. The Morgan fingerprint density at radius 2 is 1.58 bits per heavy atom. The highest BCUT2D eigenvalue weighted by molar-refractivity contribution is 6.04. The van der Waals surface area contributed by atoms with Gasteiger partial charge in [-0.1, -0.05) is 102 Å². The van der Waals surface area contributed by atoms with Crippen LogP contribution in [0.25, 0.3) is 21.9 Å². The first-order valence-electron chi connectivity index (χ1n) is 11.8. The number of rotatable bonds is 5. The molecule has 0 radical (unpaired) electrons. The number of aliphatic imine (C=N–C) groups is 1. The summed E-state index contributed by atoms with van der Waals surface area (Å²) in [6, 6.07) is 31.9. The minimum atomic E-state index is -0.657. The molecule has 0 N–H and O–H groups in total. The van der Waals surface area contributed by atoms with Gasteiger partial charge in [0.2, 0.25) is 0 Å². The Labute approximate surface area is 208 Å². The van der Waals surface area contributed by atoms with Gasteiger partial charge >= 0.3 is 5.97 Å². The van der Waals surface area contributed by atoms with Crippen LogP contribution in [0, 0.1) is 5.92 Å². The maximum Gasteiger partial charge on any atom is 0.317 e. The molecule has 0 amide bonds. The van der Waals surface area contributed by atoms with E-state index in [0.717, 1.165) is 33.0 Å². The largest absolute Gasteiger partial charge is 0.460 e. The highest BCUT2D eigenvalue weighted by Gasteiger charge is 2.40. The van der Waals surface area contributed by atoms with Crippen LogP contribution in [0.4, 0.5) is 5.95 Å². The summed E-state index contributed by atoms with van der Waals surface area (Å²) >= 11 is 0. The van der Waals surface area contributed by atoms with Gasteiger partial charge in [0, 0.05) is 5.71 Å². The average molecular weight is 474 g/mol. The van der Waals surface area contributed by atoms with Crippen molar-refractivity contribution in [3.05, 3.63) is 108 Å². The van der Waals surface area contributed by atoms with Crippen LogP contribution in [0.1, 0.15) is 24.1 Å². The van der Waals surface area contributed by atoms with Gasteiger partial charge in [-0.25, -0.2) is 9.67 Å². The van der Waals surface area contributed by atoms with E-state index in [1.807, 2.05) is 79.7 Å². The number of benzene rings is 4. The molecule has 7 nitrogen and oxygen atoms in total. The molecule has 6 rings (SSSR count). The van der Waals surface area contributed by atoms with E-state index in [0.29, 0.717) is 11.7 Å². The van der Waals surface area contributed by atoms with Gasteiger partial charge < -0.3 is 4.74 Å². The lowest BCUT2D eigenvalue weighted by Crippen LogP contribution is -2.37. The van der Waals surface area contributed by atoms with Gasteiger partial charge in [0.1, 0.15) is 18.6 Å². The normalized spacial score (nSPS) is 16.9. The third kappa shape index (κ3) is 3.94. The zero-order valence-corrected chi connectivity index (χ0v) is 19.7. The first-order valence-corrected chi connectivity index (χ1v) is 11.8. The van der Waals surface area contributed by atoms with Crippen LogP contribution in [-0.2, 0) is 16.1 Å². The molecule has 0 bridgehead atoms. The minimum Gasteiger partial charge on any atom is -0.460 e. The molecule has 2 unspecified atom stereocenters. The van der Waals surface area contributed by atoms with Gasteiger partial charge in [-0.05, 0) is 50.4 Å². The number of fused-ring (bicyclic) bond motifs is 2. The van der Waals surface area contributed by atoms with Crippen molar-refractivity contribution >= 4 is 28.4 Å². The second-order valence-corrected chi connectivity index (χ2v) is 8.84. The van der Waals surface area contributed by atoms with Crippen LogP contribution in [0.15, 0.2) is 102 Å². The van der Waals surface area contributed by atoms with Gasteiger partial charge in [-0.15, -0.1) is 0 Å². The fraction of sp³-hybridized carbons (Fsp3) is 0.138. The molecular formula is C29H23N5O2. The van der Waals surface area contributed by atoms with Crippen molar-refractivity contribution in [1.82, 2.24) is 20.2 Å². The Bertz CT molecular complexity index is 1570. The van der Waals surface area contributed by atoms with E-state index < -0.39 is 12.0 Å². The van der Waals surface area contributed by atoms with Gasteiger partial charge in [0.05, 0.1) is 0 Å². The third-order valence-electron chi connectivity index (χ3n) is 6.62. The summed E-state index contributed by atoms with van der Waals surface area (Å²) in [6.45, 7) is 2.00. The van der Waals surface area contributed by atoms with E-state index in [9.17, 15) is 4.79 Å². The molecule has 0 aliphatic carbocycles. The molecule has 0 saturated heterocycles. The SMILES string of the molecule is CC1=Nc2nnnn2C(c2cccc3ccccc23)C1C(=O)OCc1ccc(-c2ccccc2)cc1. The quantitative estimate of drug-likeness (QED) is 0.313. The summed E-state index contributed by atoms with van der Waals surface area (Å²) in [6.07, 6.45) is 0. The number of esters is 1. The summed E-state index contributed by atoms with van der Waals surface area (Å²) in [5, 5.41) is 14.2. The number of ether oxygens (including phenoxy) is 1. The molecule has 7 heteroatoms. The Balaban J connectivity index is 1.29. The fourth-order valence-electron chi connectivity index (χ4n) is 4.83. The van der Waals surface area contributed by atoms with E-state index in [4.69, 9.17) is 4.74 Å². The predicted molar refractivity (Wildman–Crippen MR) is 138 cm³/mol. The van der Waals surface area contributed by atoms with Crippen molar-refractivity contribution in [1.29, 1.82) is 0 Å². The predicted octanol–water partition coefficient (Wildman–Crippen LogP) is 5.55. The van der Waals surface area contributed by atoms with Gasteiger partial charge in [0.15, 0.2) is 0 Å². The van der Waals surface area contributed by atoms with Gasteiger partial charge in [-0.3, -0.25) is 4.79 Å². The van der Waals surface area contributed by atoms with Crippen LogP contribution >= 0.6 is 0 Å². The van der Waals surface area contributed by atoms with Crippen molar-refractivity contribution in [2.24, 2.45) is 10.9 Å². The lowest BCUT2D eigenvalue weighted by Gasteiger charge is -2.30. The number of nitrogens with zero attached hydrogens (tertiary/aromatic N) is 5. The van der Waals surface area contributed by atoms with Gasteiger partial charge in [-0.2, -0.15) is 0 Å². The third-order valence-corrected chi connectivity index (χ3v) is 6.62. The van der Waals surface area contributed by atoms with Crippen molar-refractivity contribution < 1.29 is 9.53 Å². The van der Waals surface area contributed by atoms with E-state index in [2.05, 4.69) is 44.8 Å². The highest BCUT2D eigenvalue weighted by Crippen LogP contribution is 2.38. The van der Waals surface area contributed by atoms with Crippen molar-refractivity contribution in [2.75, 3.05) is 0 Å². The van der Waals surface area contributed by atoms with Crippen molar-refractivity contribution in [2.45, 2.75) is 19.6 Å². The molecule has 0 saturated carbocycles. The minimum absolute atomic E-state index is 0.169. The number of tetrazole rings is 1. The Morgan fingerprint density at radius 1 is 0.861 bits per heavy atom. The molecule has 1 aliphatic heterocycles. The lowest BCUT2D eigenvalue weighted by molar-refractivity contribution is -0.148. The highest BCUT2D eigenvalue weighted by atomic mass is 16.5. The maximum absolute atomic E-state index is 13.5. The number of hydrogen-bond donors (Lipinski definition) is 0. The summed E-state index contributed by atoms with van der Waals surface area (Å²) in [5.74, 6) is -0.635. The molecular weight excluding hydrogens is 450 g/mol.